The summed E-state index contributed by atoms with van der Waals surface area (Å²) in [7, 11) is 2.12. The molecule has 0 saturated heterocycles. The number of benzene rings is 1. The van der Waals surface area contributed by atoms with Gasteiger partial charge in [-0.3, -0.25) is 0 Å². The van der Waals surface area contributed by atoms with Crippen molar-refractivity contribution in [2.24, 2.45) is 11.8 Å². The fourth-order valence-electron chi connectivity index (χ4n) is 4.49. The van der Waals surface area contributed by atoms with Gasteiger partial charge in [0.1, 0.15) is 0 Å². The quantitative estimate of drug-likeness (QED) is 0.785. The summed E-state index contributed by atoms with van der Waals surface area (Å²) < 4.78 is 0. The molecule has 1 aromatic carbocycles. The fraction of sp³-hybridized carbons (Fsp3) is 0.647. The highest BCUT2D eigenvalue weighted by Crippen LogP contribution is 2.48. The molecule has 2 aliphatic rings. The molecule has 0 amide bonds. The second-order valence-electron chi connectivity index (χ2n) is 6.36. The SMILES string of the molecule is CNC1CCC(c2ccc(Cl)c(Cl)c2)C2CCCCC12. The van der Waals surface area contributed by atoms with Crippen molar-refractivity contribution in [2.75, 3.05) is 7.05 Å². The minimum atomic E-state index is 0.666. The van der Waals surface area contributed by atoms with Crippen LogP contribution in [0.2, 0.25) is 10.0 Å². The molecule has 0 heterocycles. The molecule has 2 fully saturated rings. The van der Waals surface area contributed by atoms with Crippen molar-refractivity contribution in [3.05, 3.63) is 33.8 Å². The standard InChI is InChI=1S/C17H23Cl2N/c1-20-17-9-7-12(13-4-2-3-5-14(13)17)11-6-8-15(18)16(19)10-11/h6,8,10,12-14,17,20H,2-5,7,9H2,1H3. The van der Waals surface area contributed by atoms with Crippen LogP contribution in [-0.2, 0) is 0 Å². The van der Waals surface area contributed by atoms with Gasteiger partial charge in [-0.1, -0.05) is 42.1 Å². The van der Waals surface area contributed by atoms with Gasteiger partial charge in [0, 0.05) is 6.04 Å². The van der Waals surface area contributed by atoms with Gasteiger partial charge in [0.2, 0.25) is 0 Å². The minimum Gasteiger partial charge on any atom is -0.317 e. The third kappa shape index (κ3) is 2.73. The van der Waals surface area contributed by atoms with Crippen LogP contribution in [0.25, 0.3) is 0 Å². The van der Waals surface area contributed by atoms with Gasteiger partial charge >= 0.3 is 0 Å². The molecule has 2 aliphatic carbocycles. The van der Waals surface area contributed by atoms with Crippen molar-refractivity contribution in [1.82, 2.24) is 5.32 Å². The lowest BCUT2D eigenvalue weighted by atomic mass is 9.62. The Morgan fingerprint density at radius 1 is 0.950 bits per heavy atom. The van der Waals surface area contributed by atoms with Crippen molar-refractivity contribution in [2.45, 2.75) is 50.5 Å². The van der Waals surface area contributed by atoms with Gasteiger partial charge in [-0.15, -0.1) is 0 Å². The van der Waals surface area contributed by atoms with Crippen LogP contribution < -0.4 is 5.32 Å². The van der Waals surface area contributed by atoms with E-state index in [-0.39, 0.29) is 0 Å². The number of hydrogen-bond donors (Lipinski definition) is 1. The van der Waals surface area contributed by atoms with E-state index in [4.69, 9.17) is 23.2 Å². The first-order chi connectivity index (χ1) is 9.70. The number of hydrogen-bond acceptors (Lipinski definition) is 1. The predicted molar refractivity (Wildman–Crippen MR) is 86.7 cm³/mol. The highest BCUT2D eigenvalue weighted by atomic mass is 35.5. The molecule has 3 heteroatoms. The van der Waals surface area contributed by atoms with Gasteiger partial charge in [0.05, 0.1) is 10.0 Å². The second kappa shape index (κ2) is 6.25. The summed E-state index contributed by atoms with van der Waals surface area (Å²) in [6, 6.07) is 6.95. The van der Waals surface area contributed by atoms with Crippen LogP contribution in [0, 0.1) is 11.8 Å². The summed E-state index contributed by atoms with van der Waals surface area (Å²) in [6.45, 7) is 0. The van der Waals surface area contributed by atoms with E-state index < -0.39 is 0 Å². The van der Waals surface area contributed by atoms with Crippen molar-refractivity contribution in [1.29, 1.82) is 0 Å². The largest absolute Gasteiger partial charge is 0.317 e. The van der Waals surface area contributed by atoms with Gasteiger partial charge in [-0.05, 0) is 68.2 Å². The monoisotopic (exact) mass is 311 g/mol. The lowest BCUT2D eigenvalue weighted by Gasteiger charge is -2.46. The summed E-state index contributed by atoms with van der Waals surface area (Å²) in [5.41, 5.74) is 1.39. The normalized spacial score (nSPS) is 33.8. The molecule has 1 nitrogen and oxygen atoms in total. The molecule has 20 heavy (non-hydrogen) atoms. The van der Waals surface area contributed by atoms with E-state index >= 15 is 0 Å². The average molecular weight is 312 g/mol. The summed E-state index contributed by atoms with van der Waals surface area (Å²) in [4.78, 5) is 0. The molecule has 0 aromatic heterocycles. The van der Waals surface area contributed by atoms with Crippen LogP contribution >= 0.6 is 23.2 Å². The Hall–Kier alpha value is -0.240. The first-order valence-corrected chi connectivity index (χ1v) is 8.58. The molecule has 0 spiro atoms. The molecule has 4 unspecified atom stereocenters. The molecular weight excluding hydrogens is 289 g/mol. The van der Waals surface area contributed by atoms with Gasteiger partial charge < -0.3 is 5.32 Å². The third-order valence-corrected chi connectivity index (χ3v) is 6.18. The van der Waals surface area contributed by atoms with Crippen LogP contribution in [-0.4, -0.2) is 13.1 Å². The van der Waals surface area contributed by atoms with Crippen molar-refractivity contribution < 1.29 is 0 Å². The van der Waals surface area contributed by atoms with Crippen molar-refractivity contribution >= 4 is 23.2 Å². The van der Waals surface area contributed by atoms with E-state index in [1.54, 1.807) is 0 Å². The van der Waals surface area contributed by atoms with E-state index in [0.29, 0.717) is 22.0 Å². The van der Waals surface area contributed by atoms with E-state index in [9.17, 15) is 0 Å². The Bertz CT molecular complexity index is 474. The highest BCUT2D eigenvalue weighted by Gasteiger charge is 2.40. The van der Waals surface area contributed by atoms with Crippen LogP contribution in [0.1, 0.15) is 50.0 Å². The Morgan fingerprint density at radius 2 is 1.70 bits per heavy atom. The zero-order valence-electron chi connectivity index (χ0n) is 12.0. The van der Waals surface area contributed by atoms with Crippen LogP contribution in [0.3, 0.4) is 0 Å². The molecule has 110 valence electrons. The summed E-state index contributed by atoms with van der Waals surface area (Å²) >= 11 is 12.3. The maximum Gasteiger partial charge on any atom is 0.0595 e. The Kier molecular flexibility index (Phi) is 4.59. The van der Waals surface area contributed by atoms with Gasteiger partial charge in [0.15, 0.2) is 0 Å². The van der Waals surface area contributed by atoms with Crippen LogP contribution in [0.15, 0.2) is 18.2 Å². The second-order valence-corrected chi connectivity index (χ2v) is 7.18. The lowest BCUT2D eigenvalue weighted by Crippen LogP contribution is -2.45. The number of nitrogens with one attached hydrogen (secondary N) is 1. The molecule has 0 bridgehead atoms. The van der Waals surface area contributed by atoms with Crippen molar-refractivity contribution in [3.8, 4) is 0 Å². The first kappa shape index (κ1) is 14.7. The first-order valence-electron chi connectivity index (χ1n) is 7.83. The molecular formula is C17H23Cl2N. The molecule has 0 radical (unpaired) electrons. The fourth-order valence-corrected chi connectivity index (χ4v) is 4.80. The molecule has 3 rings (SSSR count). The molecule has 2 saturated carbocycles. The maximum absolute atomic E-state index is 6.22. The maximum atomic E-state index is 6.22. The lowest BCUT2D eigenvalue weighted by molar-refractivity contribution is 0.108. The highest BCUT2D eigenvalue weighted by molar-refractivity contribution is 6.42. The third-order valence-electron chi connectivity index (χ3n) is 5.44. The molecule has 4 atom stereocenters. The Labute approximate surface area is 132 Å². The summed E-state index contributed by atoms with van der Waals surface area (Å²) in [5, 5.41) is 4.92. The topological polar surface area (TPSA) is 12.0 Å². The smallest absolute Gasteiger partial charge is 0.0595 e. The minimum absolute atomic E-state index is 0.666. The van der Waals surface area contributed by atoms with Gasteiger partial charge in [0.25, 0.3) is 0 Å². The number of fused-ring (bicyclic) bond motifs is 1. The van der Waals surface area contributed by atoms with Crippen LogP contribution in [0.4, 0.5) is 0 Å². The summed E-state index contributed by atoms with van der Waals surface area (Å²) in [6.07, 6.45) is 8.08. The average Bonchev–Trinajstić information content (AvgIpc) is 2.49. The zero-order chi connectivity index (χ0) is 14.1. The number of halogens is 2. The molecule has 1 N–H and O–H groups in total. The zero-order valence-corrected chi connectivity index (χ0v) is 13.6. The Morgan fingerprint density at radius 3 is 2.40 bits per heavy atom. The predicted octanol–water partition coefficient (Wildman–Crippen LogP) is 5.27. The van der Waals surface area contributed by atoms with Gasteiger partial charge in [-0.25, -0.2) is 0 Å². The number of rotatable bonds is 2. The van der Waals surface area contributed by atoms with E-state index in [1.165, 1.54) is 44.1 Å². The van der Waals surface area contributed by atoms with E-state index in [0.717, 1.165) is 11.8 Å². The molecule has 0 aliphatic heterocycles. The van der Waals surface area contributed by atoms with Gasteiger partial charge in [-0.2, -0.15) is 0 Å². The Balaban J connectivity index is 1.87. The van der Waals surface area contributed by atoms with E-state index in [1.807, 2.05) is 6.07 Å². The summed E-state index contributed by atoms with van der Waals surface area (Å²) in [5.74, 6) is 2.31. The van der Waals surface area contributed by atoms with Crippen LogP contribution in [0.5, 0.6) is 0 Å². The van der Waals surface area contributed by atoms with E-state index in [2.05, 4.69) is 24.5 Å². The van der Waals surface area contributed by atoms with Crippen molar-refractivity contribution in [3.63, 3.8) is 0 Å². The molecule has 1 aromatic rings.